The maximum absolute atomic E-state index is 13.5. The second-order valence-corrected chi connectivity index (χ2v) is 7.57. The zero-order valence-corrected chi connectivity index (χ0v) is 14.8. The van der Waals surface area contributed by atoms with E-state index in [-0.39, 0.29) is 17.9 Å². The number of nitrogens with zero attached hydrogens (tertiary/aromatic N) is 4. The van der Waals surface area contributed by atoms with E-state index in [1.807, 2.05) is 4.90 Å². The summed E-state index contributed by atoms with van der Waals surface area (Å²) >= 11 is 0. The molecule has 0 radical (unpaired) electrons. The van der Waals surface area contributed by atoms with Crippen LogP contribution in [0.25, 0.3) is 0 Å². The van der Waals surface area contributed by atoms with Crippen molar-refractivity contribution in [2.75, 3.05) is 44.3 Å². The van der Waals surface area contributed by atoms with Crippen LogP contribution < -0.4 is 4.90 Å². The van der Waals surface area contributed by atoms with E-state index < -0.39 is 5.41 Å². The molecular formula is C19H24N4O3. The molecule has 1 amide bonds. The Morgan fingerprint density at radius 3 is 3.00 bits per heavy atom. The lowest BCUT2D eigenvalue weighted by molar-refractivity contribution is -0.152. The summed E-state index contributed by atoms with van der Waals surface area (Å²) in [6, 6.07) is 5.73. The number of piperidine rings is 1. The predicted molar refractivity (Wildman–Crippen MR) is 94.3 cm³/mol. The Kier molecular flexibility index (Phi) is 4.55. The van der Waals surface area contributed by atoms with E-state index in [1.165, 1.54) is 0 Å². The molecule has 3 aliphatic rings. The molecule has 7 nitrogen and oxygen atoms in total. The number of hydrogen-bond donors (Lipinski definition) is 1. The number of fused-ring (bicyclic) bond motifs is 1. The minimum absolute atomic E-state index is 0.101. The minimum atomic E-state index is -0.481. The normalized spacial score (nSPS) is 29.3. The first-order chi connectivity index (χ1) is 12.6. The van der Waals surface area contributed by atoms with Crippen molar-refractivity contribution in [3.05, 3.63) is 23.9 Å². The van der Waals surface area contributed by atoms with Crippen LogP contribution in [0, 0.1) is 22.7 Å². The maximum atomic E-state index is 13.5. The number of amides is 1. The number of pyridine rings is 1. The maximum Gasteiger partial charge on any atom is 0.231 e. The fourth-order valence-electron chi connectivity index (χ4n) is 4.58. The number of aromatic nitrogens is 1. The number of anilines is 1. The van der Waals surface area contributed by atoms with E-state index in [0.29, 0.717) is 70.0 Å². The molecule has 2 atom stereocenters. The van der Waals surface area contributed by atoms with Crippen LogP contribution in [-0.4, -0.2) is 66.4 Å². The number of aliphatic hydroxyl groups is 1. The molecule has 3 fully saturated rings. The van der Waals surface area contributed by atoms with Gasteiger partial charge in [-0.3, -0.25) is 4.79 Å². The Hall–Kier alpha value is -2.17. The molecule has 0 aliphatic carbocycles. The summed E-state index contributed by atoms with van der Waals surface area (Å²) in [4.78, 5) is 21.9. The van der Waals surface area contributed by atoms with E-state index >= 15 is 0 Å². The lowest BCUT2D eigenvalue weighted by atomic mass is 9.73. The van der Waals surface area contributed by atoms with Crippen LogP contribution in [-0.2, 0) is 9.53 Å². The van der Waals surface area contributed by atoms with Crippen LogP contribution in [0.5, 0.6) is 0 Å². The summed E-state index contributed by atoms with van der Waals surface area (Å²) in [5.74, 6) is 0.935. The van der Waals surface area contributed by atoms with Gasteiger partial charge in [0.05, 0.1) is 23.7 Å². The van der Waals surface area contributed by atoms with Gasteiger partial charge in [-0.05, 0) is 31.4 Å². The molecule has 0 bridgehead atoms. The van der Waals surface area contributed by atoms with Crippen LogP contribution in [0.4, 0.5) is 5.82 Å². The quantitative estimate of drug-likeness (QED) is 0.842. The van der Waals surface area contributed by atoms with Gasteiger partial charge in [0.1, 0.15) is 11.9 Å². The highest BCUT2D eigenvalue weighted by Crippen LogP contribution is 2.45. The lowest BCUT2D eigenvalue weighted by Crippen LogP contribution is -2.54. The average molecular weight is 356 g/mol. The van der Waals surface area contributed by atoms with Gasteiger partial charge in [-0.15, -0.1) is 0 Å². The van der Waals surface area contributed by atoms with E-state index in [4.69, 9.17) is 4.74 Å². The number of carbonyl (C=O) groups excluding carboxylic acids is 1. The number of likely N-dealkylation sites (tertiary alicyclic amines) is 1. The van der Waals surface area contributed by atoms with Gasteiger partial charge in [0.15, 0.2) is 0 Å². The fraction of sp³-hybridized carbons (Fsp3) is 0.632. The summed E-state index contributed by atoms with van der Waals surface area (Å²) in [6.07, 6.45) is 3.38. The molecule has 7 heteroatoms. The molecule has 1 aromatic rings. The van der Waals surface area contributed by atoms with E-state index in [1.54, 1.807) is 18.3 Å². The topological polar surface area (TPSA) is 89.7 Å². The summed E-state index contributed by atoms with van der Waals surface area (Å²) in [6.45, 7) is 3.62. The molecule has 4 rings (SSSR count). The van der Waals surface area contributed by atoms with Crippen molar-refractivity contribution in [2.45, 2.75) is 25.4 Å². The molecule has 138 valence electrons. The van der Waals surface area contributed by atoms with Gasteiger partial charge in [0, 0.05) is 44.9 Å². The number of rotatable bonds is 2. The number of carbonyl (C=O) groups is 1. The van der Waals surface area contributed by atoms with E-state index in [9.17, 15) is 15.2 Å². The van der Waals surface area contributed by atoms with E-state index in [2.05, 4.69) is 16.0 Å². The third-order valence-corrected chi connectivity index (χ3v) is 6.09. The number of ether oxygens (including phenoxy) is 1. The first kappa shape index (κ1) is 17.3. The summed E-state index contributed by atoms with van der Waals surface area (Å²) in [5, 5.41) is 19.1. The van der Waals surface area contributed by atoms with Gasteiger partial charge in [-0.25, -0.2) is 4.98 Å². The van der Waals surface area contributed by atoms with Gasteiger partial charge in [-0.1, -0.05) is 0 Å². The van der Waals surface area contributed by atoms with Crippen molar-refractivity contribution in [1.29, 1.82) is 5.26 Å². The van der Waals surface area contributed by atoms with Crippen LogP contribution in [0.2, 0.25) is 0 Å². The van der Waals surface area contributed by atoms with Gasteiger partial charge < -0.3 is 19.6 Å². The number of hydrogen-bond acceptors (Lipinski definition) is 6. The van der Waals surface area contributed by atoms with E-state index in [0.717, 1.165) is 0 Å². The highest BCUT2D eigenvalue weighted by Gasteiger charge is 2.55. The molecule has 1 aromatic heterocycles. The van der Waals surface area contributed by atoms with Crippen molar-refractivity contribution in [1.82, 2.24) is 9.88 Å². The highest BCUT2D eigenvalue weighted by atomic mass is 16.5. The molecule has 4 heterocycles. The second-order valence-electron chi connectivity index (χ2n) is 7.57. The third-order valence-electron chi connectivity index (χ3n) is 6.09. The van der Waals surface area contributed by atoms with Crippen molar-refractivity contribution in [2.24, 2.45) is 11.3 Å². The SMILES string of the molecule is N#Cc1cccnc1N1CC2COCCC2(C(=O)N2CCC(O)CC2)C1. The van der Waals surface area contributed by atoms with Crippen LogP contribution in [0.1, 0.15) is 24.8 Å². The largest absolute Gasteiger partial charge is 0.393 e. The monoisotopic (exact) mass is 356 g/mol. The highest BCUT2D eigenvalue weighted by molar-refractivity contribution is 5.85. The first-order valence-corrected chi connectivity index (χ1v) is 9.29. The molecule has 1 N–H and O–H groups in total. The molecule has 26 heavy (non-hydrogen) atoms. The predicted octanol–water partition coefficient (Wildman–Crippen LogP) is 0.779. The Labute approximate surface area is 153 Å². The Morgan fingerprint density at radius 2 is 2.23 bits per heavy atom. The summed E-state index contributed by atoms with van der Waals surface area (Å²) in [7, 11) is 0. The van der Waals surface area contributed by atoms with Gasteiger partial charge in [0.25, 0.3) is 0 Å². The molecular weight excluding hydrogens is 332 g/mol. The number of aliphatic hydroxyl groups excluding tert-OH is 1. The zero-order valence-electron chi connectivity index (χ0n) is 14.8. The first-order valence-electron chi connectivity index (χ1n) is 9.29. The molecule has 3 saturated heterocycles. The molecule has 0 saturated carbocycles. The second kappa shape index (κ2) is 6.86. The standard InChI is InChI=1S/C19H24N4O3/c20-10-14-2-1-6-21-17(14)23-11-15-12-26-9-5-19(15,13-23)18(25)22-7-3-16(24)4-8-22/h1-2,6,15-16,24H,3-5,7-9,11-13H2. The van der Waals surface area contributed by atoms with Crippen molar-refractivity contribution in [3.8, 4) is 6.07 Å². The van der Waals surface area contributed by atoms with Gasteiger partial charge in [0.2, 0.25) is 5.91 Å². The fourth-order valence-corrected chi connectivity index (χ4v) is 4.58. The van der Waals surface area contributed by atoms with Crippen molar-refractivity contribution in [3.63, 3.8) is 0 Å². The van der Waals surface area contributed by atoms with Crippen LogP contribution in [0.3, 0.4) is 0 Å². The third kappa shape index (κ3) is 2.83. The molecule has 0 spiro atoms. The summed E-state index contributed by atoms with van der Waals surface area (Å²) in [5.41, 5.74) is 0.0564. The Morgan fingerprint density at radius 1 is 1.42 bits per heavy atom. The van der Waals surface area contributed by atoms with Crippen LogP contribution >= 0.6 is 0 Å². The van der Waals surface area contributed by atoms with Gasteiger partial charge >= 0.3 is 0 Å². The average Bonchev–Trinajstić information content (AvgIpc) is 3.08. The molecule has 3 aliphatic heterocycles. The van der Waals surface area contributed by atoms with Crippen molar-refractivity contribution >= 4 is 11.7 Å². The zero-order chi connectivity index (χ0) is 18.1. The number of nitriles is 1. The van der Waals surface area contributed by atoms with Gasteiger partial charge in [-0.2, -0.15) is 5.26 Å². The minimum Gasteiger partial charge on any atom is -0.393 e. The smallest absolute Gasteiger partial charge is 0.231 e. The molecule has 0 aromatic carbocycles. The Bertz CT molecular complexity index is 726. The Balaban J connectivity index is 1.61. The lowest BCUT2D eigenvalue weighted by Gasteiger charge is -2.42. The van der Waals surface area contributed by atoms with Crippen LogP contribution in [0.15, 0.2) is 18.3 Å². The molecule has 2 unspecified atom stereocenters. The summed E-state index contributed by atoms with van der Waals surface area (Å²) < 4.78 is 5.68. The van der Waals surface area contributed by atoms with Crippen molar-refractivity contribution < 1.29 is 14.6 Å².